The van der Waals surface area contributed by atoms with Crippen LogP contribution >= 0.6 is 0 Å². The van der Waals surface area contributed by atoms with Gasteiger partial charge in [-0.2, -0.15) is 5.10 Å². The van der Waals surface area contributed by atoms with E-state index in [1.165, 1.54) is 0 Å². The van der Waals surface area contributed by atoms with Crippen LogP contribution in [-0.4, -0.2) is 44.1 Å². The van der Waals surface area contributed by atoms with Gasteiger partial charge in [0.2, 0.25) is 9.84 Å². The number of fused-ring (bicyclic) bond motifs is 1. The minimum atomic E-state index is -3.51. The number of benzene rings is 1. The van der Waals surface area contributed by atoms with Gasteiger partial charge < -0.3 is 10.1 Å². The van der Waals surface area contributed by atoms with Crippen LogP contribution in [0.4, 0.5) is 0 Å². The van der Waals surface area contributed by atoms with Crippen LogP contribution in [0.5, 0.6) is 5.75 Å². The lowest BCUT2D eigenvalue weighted by atomic mass is 10.2. The molecule has 1 aromatic heterocycles. The summed E-state index contributed by atoms with van der Waals surface area (Å²) in [5.74, 6) is 0.629. The van der Waals surface area contributed by atoms with Gasteiger partial charge >= 0.3 is 0 Å². The molecule has 0 aliphatic heterocycles. The first-order chi connectivity index (χ1) is 11.1. The molecule has 1 aromatic carbocycles. The van der Waals surface area contributed by atoms with E-state index < -0.39 is 15.1 Å². The van der Waals surface area contributed by atoms with E-state index in [9.17, 15) is 8.42 Å². The molecule has 2 N–H and O–H groups in total. The van der Waals surface area contributed by atoms with Crippen molar-refractivity contribution in [2.45, 2.75) is 16.7 Å². The summed E-state index contributed by atoms with van der Waals surface area (Å²) >= 11 is 0. The molecule has 122 valence electrons. The number of nitrogens with zero attached hydrogens (tertiary/aromatic N) is 1. The molecule has 3 rings (SSSR count). The average molecular weight is 333 g/mol. The molecule has 0 spiro atoms. The minimum absolute atomic E-state index is 0.150. The van der Waals surface area contributed by atoms with Gasteiger partial charge in [-0.1, -0.05) is 24.3 Å². The smallest absolute Gasteiger partial charge is 0.202 e. The Kier molecular flexibility index (Phi) is 4.49. The Morgan fingerprint density at radius 3 is 3.00 bits per heavy atom. The van der Waals surface area contributed by atoms with Crippen molar-refractivity contribution in [2.24, 2.45) is 0 Å². The number of allylic oxidation sites excluding steroid dienone is 3. The van der Waals surface area contributed by atoms with Crippen LogP contribution in [0.1, 0.15) is 6.42 Å². The maximum Gasteiger partial charge on any atom is 0.202 e. The third-order valence-electron chi connectivity index (χ3n) is 3.74. The second-order valence-corrected chi connectivity index (χ2v) is 7.42. The maximum atomic E-state index is 12.8. The quantitative estimate of drug-likeness (QED) is 0.788. The third kappa shape index (κ3) is 3.16. The Hall–Kier alpha value is -2.12. The van der Waals surface area contributed by atoms with Crippen molar-refractivity contribution < 1.29 is 13.2 Å². The standard InChI is InChI=1S/C16H19N3O3S/c1-17-9-10-22-12-7-8-15-14(11-12)16(19-18-15)23(20,21)13-5-3-2-4-6-13/h2-5,7-8,11,13,17H,6,9-10H2,1H3,(H,18,19). The van der Waals surface area contributed by atoms with E-state index in [1.54, 1.807) is 30.4 Å². The lowest BCUT2D eigenvalue weighted by Crippen LogP contribution is -2.20. The topological polar surface area (TPSA) is 84.1 Å². The molecule has 23 heavy (non-hydrogen) atoms. The van der Waals surface area contributed by atoms with Gasteiger partial charge in [-0.15, -0.1) is 0 Å². The number of ether oxygens (including phenoxy) is 1. The molecular formula is C16H19N3O3S. The van der Waals surface area contributed by atoms with Gasteiger partial charge in [-0.05, 0) is 31.7 Å². The van der Waals surface area contributed by atoms with E-state index in [-0.39, 0.29) is 5.03 Å². The lowest BCUT2D eigenvalue weighted by molar-refractivity contribution is 0.319. The number of H-pyrrole nitrogens is 1. The van der Waals surface area contributed by atoms with Crippen molar-refractivity contribution in [3.8, 4) is 5.75 Å². The largest absolute Gasteiger partial charge is 0.492 e. The van der Waals surface area contributed by atoms with E-state index in [4.69, 9.17) is 4.74 Å². The van der Waals surface area contributed by atoms with Crippen LogP contribution in [0.2, 0.25) is 0 Å². The molecule has 0 saturated carbocycles. The number of nitrogens with one attached hydrogen (secondary N) is 2. The fraction of sp³-hybridized carbons (Fsp3) is 0.312. The minimum Gasteiger partial charge on any atom is -0.492 e. The van der Waals surface area contributed by atoms with Gasteiger partial charge in [-0.3, -0.25) is 5.10 Å². The summed E-state index contributed by atoms with van der Waals surface area (Å²) in [7, 11) is -1.66. The zero-order chi connectivity index (χ0) is 16.3. The molecule has 1 atom stereocenters. The summed E-state index contributed by atoms with van der Waals surface area (Å²) in [6, 6.07) is 5.28. The van der Waals surface area contributed by atoms with Crippen molar-refractivity contribution >= 4 is 20.7 Å². The summed E-state index contributed by atoms with van der Waals surface area (Å²) in [4.78, 5) is 0. The lowest BCUT2D eigenvalue weighted by Gasteiger charge is -2.13. The van der Waals surface area contributed by atoms with Crippen molar-refractivity contribution in [2.75, 3.05) is 20.2 Å². The molecule has 0 radical (unpaired) electrons. The van der Waals surface area contributed by atoms with Crippen LogP contribution in [0.3, 0.4) is 0 Å². The summed E-state index contributed by atoms with van der Waals surface area (Å²) < 4.78 is 31.3. The Labute approximate surface area is 135 Å². The van der Waals surface area contributed by atoms with Crippen LogP contribution in [0.25, 0.3) is 10.9 Å². The predicted octanol–water partition coefficient (Wildman–Crippen LogP) is 1.82. The number of likely N-dealkylation sites (N-methyl/N-ethyl adjacent to an activating group) is 1. The number of aromatic amines is 1. The van der Waals surface area contributed by atoms with Gasteiger partial charge in [0, 0.05) is 11.9 Å². The number of hydrogen-bond acceptors (Lipinski definition) is 5. The van der Waals surface area contributed by atoms with E-state index >= 15 is 0 Å². The first-order valence-corrected chi connectivity index (χ1v) is 9.00. The highest BCUT2D eigenvalue weighted by molar-refractivity contribution is 7.92. The van der Waals surface area contributed by atoms with E-state index in [0.29, 0.717) is 36.2 Å². The molecule has 6 nitrogen and oxygen atoms in total. The zero-order valence-electron chi connectivity index (χ0n) is 12.8. The molecule has 1 heterocycles. The number of aromatic nitrogens is 2. The second kappa shape index (κ2) is 6.55. The predicted molar refractivity (Wildman–Crippen MR) is 89.4 cm³/mol. The summed E-state index contributed by atoms with van der Waals surface area (Å²) in [5.41, 5.74) is 0.611. The molecule has 1 unspecified atom stereocenters. The van der Waals surface area contributed by atoms with Gasteiger partial charge in [0.15, 0.2) is 5.03 Å². The number of rotatable bonds is 6. The van der Waals surface area contributed by atoms with Gasteiger partial charge in [-0.25, -0.2) is 8.42 Å². The van der Waals surface area contributed by atoms with Crippen molar-refractivity contribution in [1.29, 1.82) is 0 Å². The summed E-state index contributed by atoms with van der Waals surface area (Å²) in [6.45, 7) is 1.23. The average Bonchev–Trinajstić information content (AvgIpc) is 3.00. The molecular weight excluding hydrogens is 314 g/mol. The normalized spacial score (nSPS) is 17.7. The highest BCUT2D eigenvalue weighted by Crippen LogP contribution is 2.29. The maximum absolute atomic E-state index is 12.8. The molecule has 2 aromatic rings. The van der Waals surface area contributed by atoms with Crippen LogP contribution in [-0.2, 0) is 9.84 Å². The van der Waals surface area contributed by atoms with Crippen LogP contribution in [0, 0.1) is 0 Å². The SMILES string of the molecule is CNCCOc1ccc2n[nH]c(S(=O)(=O)C3C=CC=CC3)c2c1. The highest BCUT2D eigenvalue weighted by Gasteiger charge is 2.29. The first kappa shape index (κ1) is 15.8. The van der Waals surface area contributed by atoms with Gasteiger partial charge in [0.1, 0.15) is 12.4 Å². The number of sulfone groups is 1. The Bertz CT molecular complexity index is 853. The third-order valence-corrected chi connectivity index (χ3v) is 5.76. The van der Waals surface area contributed by atoms with Crippen LogP contribution < -0.4 is 10.1 Å². The molecule has 1 aliphatic rings. The van der Waals surface area contributed by atoms with Crippen LogP contribution in [0.15, 0.2) is 47.5 Å². The Morgan fingerprint density at radius 1 is 1.39 bits per heavy atom. The van der Waals surface area contributed by atoms with E-state index in [1.807, 2.05) is 19.2 Å². The first-order valence-electron chi connectivity index (χ1n) is 7.45. The van der Waals surface area contributed by atoms with E-state index in [0.717, 1.165) is 0 Å². The second-order valence-electron chi connectivity index (χ2n) is 5.32. The van der Waals surface area contributed by atoms with Crippen molar-refractivity contribution in [3.63, 3.8) is 0 Å². The molecule has 0 bridgehead atoms. The number of hydrogen-bond donors (Lipinski definition) is 2. The van der Waals surface area contributed by atoms with Crippen molar-refractivity contribution in [1.82, 2.24) is 15.5 Å². The molecule has 1 aliphatic carbocycles. The highest BCUT2D eigenvalue weighted by atomic mass is 32.2. The zero-order valence-corrected chi connectivity index (χ0v) is 13.6. The Morgan fingerprint density at radius 2 is 2.26 bits per heavy atom. The van der Waals surface area contributed by atoms with Gasteiger partial charge in [0.05, 0.1) is 10.8 Å². The van der Waals surface area contributed by atoms with Gasteiger partial charge in [0.25, 0.3) is 0 Å². The Balaban J connectivity index is 1.95. The molecule has 0 saturated heterocycles. The molecule has 0 fully saturated rings. The molecule has 0 amide bonds. The monoisotopic (exact) mass is 333 g/mol. The summed E-state index contributed by atoms with van der Waals surface area (Å²) in [5, 5.41) is 9.93. The van der Waals surface area contributed by atoms with E-state index in [2.05, 4.69) is 15.5 Å². The summed E-state index contributed by atoms with van der Waals surface area (Å²) in [6.07, 6.45) is 7.64. The van der Waals surface area contributed by atoms with Crippen molar-refractivity contribution in [3.05, 3.63) is 42.5 Å². The fourth-order valence-corrected chi connectivity index (χ4v) is 4.09. The molecule has 7 heteroatoms. The fourth-order valence-electron chi connectivity index (χ4n) is 2.48.